The highest BCUT2D eigenvalue weighted by Gasteiger charge is 2.20. The molecule has 0 amide bonds. The number of nitrogens with one attached hydrogen (secondary N) is 1. The fourth-order valence-corrected chi connectivity index (χ4v) is 3.21. The Hall–Kier alpha value is -2.83. The molecule has 0 bridgehead atoms. The predicted octanol–water partition coefficient (Wildman–Crippen LogP) is 1.73. The fraction of sp³-hybridized carbons (Fsp3) is 0.294. The molecule has 24 heavy (non-hydrogen) atoms. The highest BCUT2D eigenvalue weighted by Crippen LogP contribution is 2.22. The van der Waals surface area contributed by atoms with E-state index in [9.17, 15) is 9.18 Å². The van der Waals surface area contributed by atoms with E-state index in [1.807, 2.05) is 24.1 Å². The maximum absolute atomic E-state index is 13.9. The Labute approximate surface area is 138 Å². The van der Waals surface area contributed by atoms with E-state index in [-0.39, 0.29) is 11.4 Å². The molecule has 3 heterocycles. The van der Waals surface area contributed by atoms with Gasteiger partial charge in [-0.3, -0.25) is 9.48 Å². The number of halogens is 1. The van der Waals surface area contributed by atoms with E-state index >= 15 is 0 Å². The van der Waals surface area contributed by atoms with Crippen molar-refractivity contribution in [3.63, 3.8) is 0 Å². The second-order valence-corrected chi connectivity index (χ2v) is 5.98. The van der Waals surface area contributed by atoms with Gasteiger partial charge in [0, 0.05) is 39.3 Å². The summed E-state index contributed by atoms with van der Waals surface area (Å²) < 4.78 is 15.6. The number of aryl methyl sites for hydroxylation is 1. The standard InChI is InChI=1S/C17H18FN5O/c1-21-15-10-16(20-17(24)12(15)11-19-21)23-8-6-22(7-9-23)14-5-3-2-4-13(14)18/h2-5,10-11H,6-9H2,1H3,(H,20,24). The van der Waals surface area contributed by atoms with Crippen molar-refractivity contribution in [2.45, 2.75) is 0 Å². The smallest absolute Gasteiger partial charge is 0.260 e. The van der Waals surface area contributed by atoms with Crippen LogP contribution in [0.25, 0.3) is 10.9 Å². The zero-order chi connectivity index (χ0) is 16.7. The third kappa shape index (κ3) is 2.42. The number of benzene rings is 1. The number of pyridine rings is 1. The number of piperazine rings is 1. The SMILES string of the molecule is Cn1ncc2c(=O)[nH]c(N3CCN(c4ccccc4F)CC3)cc21. The third-order valence-corrected chi connectivity index (χ3v) is 4.56. The van der Waals surface area contributed by atoms with Crippen LogP contribution in [-0.4, -0.2) is 40.9 Å². The summed E-state index contributed by atoms with van der Waals surface area (Å²) in [5.41, 5.74) is 1.31. The molecule has 1 saturated heterocycles. The van der Waals surface area contributed by atoms with Gasteiger partial charge in [-0.05, 0) is 12.1 Å². The fourth-order valence-electron chi connectivity index (χ4n) is 3.21. The van der Waals surface area contributed by atoms with Crippen LogP contribution in [0.2, 0.25) is 0 Å². The Bertz CT molecular complexity index is 940. The summed E-state index contributed by atoms with van der Waals surface area (Å²) in [5.74, 6) is 0.583. The molecule has 1 fully saturated rings. The van der Waals surface area contributed by atoms with E-state index < -0.39 is 0 Å². The Morgan fingerprint density at radius 1 is 1.12 bits per heavy atom. The van der Waals surface area contributed by atoms with Crippen molar-refractivity contribution in [2.24, 2.45) is 7.05 Å². The van der Waals surface area contributed by atoms with E-state index in [1.165, 1.54) is 6.07 Å². The third-order valence-electron chi connectivity index (χ3n) is 4.56. The van der Waals surface area contributed by atoms with Gasteiger partial charge in [0.05, 0.1) is 22.8 Å². The van der Waals surface area contributed by atoms with E-state index in [0.717, 1.165) is 11.3 Å². The Morgan fingerprint density at radius 2 is 1.83 bits per heavy atom. The molecule has 0 aliphatic carbocycles. The van der Waals surface area contributed by atoms with Crippen molar-refractivity contribution in [3.05, 3.63) is 52.7 Å². The van der Waals surface area contributed by atoms with E-state index in [0.29, 0.717) is 37.3 Å². The van der Waals surface area contributed by atoms with Crippen LogP contribution in [0.5, 0.6) is 0 Å². The number of anilines is 2. The lowest BCUT2D eigenvalue weighted by Gasteiger charge is -2.37. The highest BCUT2D eigenvalue weighted by atomic mass is 19.1. The van der Waals surface area contributed by atoms with Gasteiger partial charge in [0.1, 0.15) is 11.6 Å². The van der Waals surface area contributed by atoms with Crippen LogP contribution in [0.4, 0.5) is 15.9 Å². The van der Waals surface area contributed by atoms with Crippen LogP contribution < -0.4 is 15.4 Å². The maximum Gasteiger partial charge on any atom is 0.260 e. The minimum Gasteiger partial charge on any atom is -0.366 e. The second kappa shape index (κ2) is 5.67. The Balaban J connectivity index is 1.57. The molecule has 1 N–H and O–H groups in total. The summed E-state index contributed by atoms with van der Waals surface area (Å²) in [7, 11) is 1.82. The van der Waals surface area contributed by atoms with E-state index in [1.54, 1.807) is 23.0 Å². The molecule has 0 atom stereocenters. The van der Waals surface area contributed by atoms with Crippen LogP contribution in [0.15, 0.2) is 41.3 Å². The van der Waals surface area contributed by atoms with Gasteiger partial charge in [0.25, 0.3) is 5.56 Å². The van der Waals surface area contributed by atoms with Gasteiger partial charge >= 0.3 is 0 Å². The van der Waals surface area contributed by atoms with Gasteiger partial charge in [0.2, 0.25) is 0 Å². The summed E-state index contributed by atoms with van der Waals surface area (Å²) in [5, 5.41) is 4.72. The molecular formula is C17H18FN5O. The molecule has 2 aromatic heterocycles. The molecule has 0 spiro atoms. The largest absolute Gasteiger partial charge is 0.366 e. The minimum absolute atomic E-state index is 0.132. The number of hydrogen-bond acceptors (Lipinski definition) is 4. The Morgan fingerprint density at radius 3 is 2.58 bits per heavy atom. The zero-order valence-corrected chi connectivity index (χ0v) is 13.4. The molecule has 7 heteroatoms. The number of hydrogen-bond donors (Lipinski definition) is 1. The number of aromatic amines is 1. The van der Waals surface area contributed by atoms with Crippen molar-refractivity contribution >= 4 is 22.4 Å². The number of para-hydroxylation sites is 1. The number of fused-ring (bicyclic) bond motifs is 1. The summed E-state index contributed by atoms with van der Waals surface area (Å²) in [4.78, 5) is 19.3. The van der Waals surface area contributed by atoms with Gasteiger partial charge in [-0.25, -0.2) is 4.39 Å². The summed E-state index contributed by atoms with van der Waals surface area (Å²) >= 11 is 0. The van der Waals surface area contributed by atoms with Crippen molar-refractivity contribution in [2.75, 3.05) is 36.0 Å². The minimum atomic E-state index is -0.198. The normalized spacial score (nSPS) is 15.2. The molecular weight excluding hydrogens is 309 g/mol. The summed E-state index contributed by atoms with van der Waals surface area (Å²) in [6.07, 6.45) is 1.58. The first kappa shape index (κ1) is 14.7. The summed E-state index contributed by atoms with van der Waals surface area (Å²) in [6, 6.07) is 8.77. The van der Waals surface area contributed by atoms with Crippen LogP contribution in [-0.2, 0) is 7.05 Å². The van der Waals surface area contributed by atoms with Crippen LogP contribution in [0.3, 0.4) is 0 Å². The van der Waals surface area contributed by atoms with Gasteiger partial charge in [-0.1, -0.05) is 12.1 Å². The van der Waals surface area contributed by atoms with Gasteiger partial charge in [-0.15, -0.1) is 0 Å². The molecule has 3 aromatic rings. The van der Waals surface area contributed by atoms with Crippen molar-refractivity contribution in [1.82, 2.24) is 14.8 Å². The van der Waals surface area contributed by atoms with Crippen LogP contribution >= 0.6 is 0 Å². The molecule has 0 radical (unpaired) electrons. The van der Waals surface area contributed by atoms with Crippen molar-refractivity contribution in [3.8, 4) is 0 Å². The first-order valence-electron chi connectivity index (χ1n) is 7.93. The molecule has 1 aromatic carbocycles. The number of rotatable bonds is 2. The molecule has 1 aliphatic rings. The predicted molar refractivity (Wildman–Crippen MR) is 92.2 cm³/mol. The quantitative estimate of drug-likeness (QED) is 0.779. The van der Waals surface area contributed by atoms with Crippen molar-refractivity contribution < 1.29 is 4.39 Å². The zero-order valence-electron chi connectivity index (χ0n) is 13.4. The van der Waals surface area contributed by atoms with Crippen LogP contribution in [0.1, 0.15) is 0 Å². The second-order valence-electron chi connectivity index (χ2n) is 5.98. The first-order valence-corrected chi connectivity index (χ1v) is 7.93. The van der Waals surface area contributed by atoms with Gasteiger partial charge in [-0.2, -0.15) is 5.10 Å². The molecule has 124 valence electrons. The topological polar surface area (TPSA) is 57.2 Å². The molecule has 1 aliphatic heterocycles. The maximum atomic E-state index is 13.9. The number of aromatic nitrogens is 3. The average Bonchev–Trinajstić information content (AvgIpc) is 2.97. The van der Waals surface area contributed by atoms with Gasteiger partial charge in [0.15, 0.2) is 0 Å². The Kier molecular flexibility index (Phi) is 3.48. The molecule has 4 rings (SSSR count). The lowest BCUT2D eigenvalue weighted by atomic mass is 10.2. The summed E-state index contributed by atoms with van der Waals surface area (Å²) in [6.45, 7) is 2.83. The van der Waals surface area contributed by atoms with Crippen LogP contribution in [0, 0.1) is 5.82 Å². The van der Waals surface area contributed by atoms with Crippen molar-refractivity contribution in [1.29, 1.82) is 0 Å². The number of nitrogens with zero attached hydrogens (tertiary/aromatic N) is 4. The van der Waals surface area contributed by atoms with E-state index in [2.05, 4.69) is 15.0 Å². The lowest BCUT2D eigenvalue weighted by molar-refractivity contribution is 0.596. The molecule has 6 nitrogen and oxygen atoms in total. The monoisotopic (exact) mass is 327 g/mol. The first-order chi connectivity index (χ1) is 11.6. The molecule has 0 saturated carbocycles. The lowest BCUT2D eigenvalue weighted by Crippen LogP contribution is -2.47. The average molecular weight is 327 g/mol. The highest BCUT2D eigenvalue weighted by molar-refractivity contribution is 5.80. The van der Waals surface area contributed by atoms with Gasteiger partial charge < -0.3 is 14.8 Å². The molecule has 0 unspecified atom stereocenters. The van der Waals surface area contributed by atoms with E-state index in [4.69, 9.17) is 0 Å². The number of H-pyrrole nitrogens is 1.